The highest BCUT2D eigenvalue weighted by molar-refractivity contribution is 5.87. The Hall–Kier alpha value is -2.95. The van der Waals surface area contributed by atoms with Crippen molar-refractivity contribution < 1.29 is 24.9 Å². The molecule has 1 unspecified atom stereocenters. The summed E-state index contributed by atoms with van der Waals surface area (Å²) >= 11 is 0. The molecule has 2 aromatic carbocycles. The molecule has 0 saturated heterocycles. The molecule has 0 saturated carbocycles. The summed E-state index contributed by atoms with van der Waals surface area (Å²) in [6.45, 7) is 1.73. The number of phenols is 3. The lowest BCUT2D eigenvalue weighted by Gasteiger charge is -2.12. The lowest BCUT2D eigenvalue weighted by atomic mass is 10.1. The van der Waals surface area contributed by atoms with Crippen LogP contribution < -0.4 is 0 Å². The second-order valence-corrected chi connectivity index (χ2v) is 4.75. The lowest BCUT2D eigenvalue weighted by Crippen LogP contribution is -2.05. The van der Waals surface area contributed by atoms with Gasteiger partial charge in [0.1, 0.15) is 11.9 Å². The van der Waals surface area contributed by atoms with E-state index in [1.54, 1.807) is 25.1 Å². The molecule has 2 aromatic rings. The average molecular weight is 300 g/mol. The average Bonchev–Trinajstić information content (AvgIpc) is 2.49. The van der Waals surface area contributed by atoms with Gasteiger partial charge < -0.3 is 20.1 Å². The first-order valence-electron chi connectivity index (χ1n) is 6.65. The van der Waals surface area contributed by atoms with E-state index in [0.717, 1.165) is 5.56 Å². The Balaban J connectivity index is 1.98. The third-order valence-corrected chi connectivity index (χ3v) is 3.07. The molecule has 5 heteroatoms. The molecule has 22 heavy (non-hydrogen) atoms. The highest BCUT2D eigenvalue weighted by Crippen LogP contribution is 2.25. The molecule has 0 aromatic heterocycles. The van der Waals surface area contributed by atoms with Crippen molar-refractivity contribution in [2.45, 2.75) is 13.0 Å². The summed E-state index contributed by atoms with van der Waals surface area (Å²) in [6, 6.07) is 10.6. The van der Waals surface area contributed by atoms with Gasteiger partial charge in [0.2, 0.25) is 0 Å². The van der Waals surface area contributed by atoms with Crippen LogP contribution in [0.5, 0.6) is 17.2 Å². The van der Waals surface area contributed by atoms with Crippen molar-refractivity contribution in [2.75, 3.05) is 0 Å². The van der Waals surface area contributed by atoms with Crippen molar-refractivity contribution in [3.05, 3.63) is 59.7 Å². The molecule has 2 rings (SSSR count). The van der Waals surface area contributed by atoms with Crippen LogP contribution in [0.25, 0.3) is 6.08 Å². The van der Waals surface area contributed by atoms with Crippen molar-refractivity contribution in [3.63, 3.8) is 0 Å². The number of carbonyl (C=O) groups is 1. The summed E-state index contributed by atoms with van der Waals surface area (Å²) in [4.78, 5) is 11.7. The second kappa shape index (κ2) is 6.67. The lowest BCUT2D eigenvalue weighted by molar-refractivity contribution is -0.142. The summed E-state index contributed by atoms with van der Waals surface area (Å²) < 4.78 is 5.23. The van der Waals surface area contributed by atoms with Gasteiger partial charge in [-0.3, -0.25) is 0 Å². The third-order valence-electron chi connectivity index (χ3n) is 3.07. The van der Waals surface area contributed by atoms with Crippen molar-refractivity contribution in [2.24, 2.45) is 0 Å². The van der Waals surface area contributed by atoms with Crippen LogP contribution in [0.4, 0.5) is 0 Å². The zero-order chi connectivity index (χ0) is 16.1. The maximum absolute atomic E-state index is 11.7. The number of carbonyl (C=O) groups excluding carboxylic acids is 1. The second-order valence-electron chi connectivity index (χ2n) is 4.75. The van der Waals surface area contributed by atoms with Crippen LogP contribution in [-0.4, -0.2) is 21.3 Å². The van der Waals surface area contributed by atoms with Gasteiger partial charge in [0.25, 0.3) is 0 Å². The van der Waals surface area contributed by atoms with E-state index in [-0.39, 0.29) is 17.2 Å². The first kappa shape index (κ1) is 15.4. The molecule has 114 valence electrons. The summed E-state index contributed by atoms with van der Waals surface area (Å²) in [6.07, 6.45) is 2.26. The molecule has 0 fully saturated rings. The highest BCUT2D eigenvalue weighted by Gasteiger charge is 2.09. The number of hydrogen-bond acceptors (Lipinski definition) is 5. The minimum atomic E-state index is -0.534. The smallest absolute Gasteiger partial charge is 0.331 e. The fraction of sp³-hybridized carbons (Fsp3) is 0.118. The van der Waals surface area contributed by atoms with Crippen LogP contribution in [0, 0.1) is 0 Å². The highest BCUT2D eigenvalue weighted by atomic mass is 16.5. The molecule has 0 aliphatic carbocycles. The fourth-order valence-electron chi connectivity index (χ4n) is 1.84. The maximum Gasteiger partial charge on any atom is 0.331 e. The molecule has 0 amide bonds. The van der Waals surface area contributed by atoms with Crippen LogP contribution in [0.15, 0.2) is 48.5 Å². The number of rotatable bonds is 4. The molecule has 0 aliphatic rings. The van der Waals surface area contributed by atoms with E-state index in [1.165, 1.54) is 36.4 Å². The molecule has 5 nitrogen and oxygen atoms in total. The van der Waals surface area contributed by atoms with Gasteiger partial charge >= 0.3 is 5.97 Å². The monoisotopic (exact) mass is 300 g/mol. The zero-order valence-electron chi connectivity index (χ0n) is 11.9. The van der Waals surface area contributed by atoms with Crippen LogP contribution in [0.3, 0.4) is 0 Å². The molecular formula is C17H16O5. The Morgan fingerprint density at radius 2 is 1.73 bits per heavy atom. The predicted molar refractivity (Wildman–Crippen MR) is 81.4 cm³/mol. The molecule has 0 spiro atoms. The van der Waals surface area contributed by atoms with Crippen LogP contribution in [0.2, 0.25) is 0 Å². The number of esters is 1. The van der Waals surface area contributed by atoms with Crippen LogP contribution >= 0.6 is 0 Å². The normalized spacial score (nSPS) is 12.2. The zero-order valence-corrected chi connectivity index (χ0v) is 11.9. The fourth-order valence-corrected chi connectivity index (χ4v) is 1.84. The van der Waals surface area contributed by atoms with E-state index < -0.39 is 12.1 Å². The van der Waals surface area contributed by atoms with Gasteiger partial charge in [0, 0.05) is 6.08 Å². The van der Waals surface area contributed by atoms with Crippen molar-refractivity contribution in [1.82, 2.24) is 0 Å². The predicted octanol–water partition coefficient (Wildman–Crippen LogP) is 3.12. The number of ether oxygens (including phenoxy) is 1. The van der Waals surface area contributed by atoms with E-state index in [4.69, 9.17) is 4.74 Å². The van der Waals surface area contributed by atoms with E-state index in [9.17, 15) is 20.1 Å². The summed E-state index contributed by atoms with van der Waals surface area (Å²) in [5, 5.41) is 27.8. The van der Waals surface area contributed by atoms with Gasteiger partial charge in [-0.15, -0.1) is 0 Å². The van der Waals surface area contributed by atoms with Crippen LogP contribution in [0.1, 0.15) is 24.2 Å². The number of hydrogen-bond donors (Lipinski definition) is 3. The Morgan fingerprint density at radius 1 is 1.05 bits per heavy atom. The molecule has 0 bridgehead atoms. The number of aromatic hydroxyl groups is 3. The van der Waals surface area contributed by atoms with Gasteiger partial charge in [-0.1, -0.05) is 18.2 Å². The molecule has 0 heterocycles. The first-order chi connectivity index (χ1) is 10.5. The SMILES string of the molecule is CC(OC(=O)/C=C/c1ccc(O)c(O)c1)c1ccc(O)cc1. The van der Waals surface area contributed by atoms with E-state index in [0.29, 0.717) is 5.56 Å². The Morgan fingerprint density at radius 3 is 2.36 bits per heavy atom. The summed E-state index contributed by atoms with van der Waals surface area (Å²) in [5.41, 5.74) is 1.33. The maximum atomic E-state index is 11.7. The van der Waals surface area contributed by atoms with E-state index >= 15 is 0 Å². The number of benzene rings is 2. The minimum Gasteiger partial charge on any atom is -0.508 e. The van der Waals surface area contributed by atoms with Gasteiger partial charge in [-0.25, -0.2) is 4.79 Å². The Bertz CT molecular complexity index is 689. The standard InChI is InChI=1S/C17H16O5/c1-11(13-4-6-14(18)7-5-13)22-17(21)9-3-12-2-8-15(19)16(20)10-12/h2-11,18-20H,1H3/b9-3+. The molecule has 0 aliphatic heterocycles. The van der Waals surface area contributed by atoms with E-state index in [2.05, 4.69) is 0 Å². The number of phenolic OH excluding ortho intramolecular Hbond substituents is 3. The van der Waals surface area contributed by atoms with Gasteiger partial charge in [0.05, 0.1) is 0 Å². The topological polar surface area (TPSA) is 87.0 Å². The van der Waals surface area contributed by atoms with Crippen molar-refractivity contribution in [3.8, 4) is 17.2 Å². The molecule has 1 atom stereocenters. The van der Waals surface area contributed by atoms with E-state index in [1.807, 2.05) is 0 Å². The minimum absolute atomic E-state index is 0.148. The Kier molecular flexibility index (Phi) is 4.68. The third kappa shape index (κ3) is 4.02. The van der Waals surface area contributed by atoms with Crippen LogP contribution in [-0.2, 0) is 9.53 Å². The van der Waals surface area contributed by atoms with Crippen molar-refractivity contribution >= 4 is 12.0 Å². The molecule has 0 radical (unpaired) electrons. The van der Waals surface area contributed by atoms with Crippen molar-refractivity contribution in [1.29, 1.82) is 0 Å². The first-order valence-corrected chi connectivity index (χ1v) is 6.65. The Labute approximate surface area is 127 Å². The largest absolute Gasteiger partial charge is 0.508 e. The quantitative estimate of drug-likeness (QED) is 0.459. The summed E-state index contributed by atoms with van der Waals surface area (Å²) in [7, 11) is 0. The summed E-state index contributed by atoms with van der Waals surface area (Å²) in [5.74, 6) is -0.865. The molecular weight excluding hydrogens is 284 g/mol. The van der Waals surface area contributed by atoms with Gasteiger partial charge in [-0.2, -0.15) is 0 Å². The van der Waals surface area contributed by atoms with Gasteiger partial charge in [-0.05, 0) is 48.4 Å². The van der Waals surface area contributed by atoms with Gasteiger partial charge in [0.15, 0.2) is 11.5 Å². The molecule has 3 N–H and O–H groups in total.